The summed E-state index contributed by atoms with van der Waals surface area (Å²) in [5.74, 6) is 0.897. The number of aliphatic hydroxyl groups is 1. The van der Waals surface area contributed by atoms with Gasteiger partial charge in [-0.15, -0.1) is 0 Å². The lowest BCUT2D eigenvalue weighted by atomic mass is 10.00. The van der Waals surface area contributed by atoms with Gasteiger partial charge in [-0.3, -0.25) is 10.00 Å². The molecule has 0 amide bonds. The monoisotopic (exact) mass is 353 g/mol. The molecular weight excluding hydrogens is 322 g/mol. The molecule has 1 fully saturated rings. The van der Waals surface area contributed by atoms with E-state index in [9.17, 15) is 5.11 Å². The Hall–Kier alpha value is -1.91. The van der Waals surface area contributed by atoms with Gasteiger partial charge in [0.05, 0.1) is 11.8 Å². The minimum atomic E-state index is -0.283. The molecular formula is C22H31N3O. The summed E-state index contributed by atoms with van der Waals surface area (Å²) >= 11 is 0. The van der Waals surface area contributed by atoms with E-state index in [1.54, 1.807) is 0 Å². The highest BCUT2D eigenvalue weighted by Crippen LogP contribution is 2.25. The molecule has 1 saturated heterocycles. The highest BCUT2D eigenvalue weighted by Gasteiger charge is 2.32. The Labute approximate surface area is 156 Å². The van der Waals surface area contributed by atoms with E-state index < -0.39 is 0 Å². The number of H-pyrrole nitrogens is 1. The van der Waals surface area contributed by atoms with Crippen LogP contribution in [0.1, 0.15) is 37.2 Å². The van der Waals surface area contributed by atoms with Gasteiger partial charge in [-0.05, 0) is 42.9 Å². The molecule has 0 aliphatic carbocycles. The van der Waals surface area contributed by atoms with Crippen molar-refractivity contribution in [3.63, 3.8) is 0 Å². The molecule has 2 atom stereocenters. The van der Waals surface area contributed by atoms with Crippen LogP contribution < -0.4 is 0 Å². The first-order valence-corrected chi connectivity index (χ1v) is 9.67. The summed E-state index contributed by atoms with van der Waals surface area (Å²) in [4.78, 5) is 2.38. The second-order valence-corrected chi connectivity index (χ2v) is 7.99. The molecule has 1 aromatic heterocycles. The van der Waals surface area contributed by atoms with Gasteiger partial charge < -0.3 is 5.11 Å². The SMILES string of the molecule is Cc1cc(C[C@@H]2CN(CC(=CCC(C)C)c3ccccc3)C[C@@H]2O)n[nH]1. The fourth-order valence-corrected chi connectivity index (χ4v) is 3.66. The van der Waals surface area contributed by atoms with Crippen molar-refractivity contribution in [2.75, 3.05) is 19.6 Å². The maximum absolute atomic E-state index is 10.5. The third-order valence-electron chi connectivity index (χ3n) is 5.09. The van der Waals surface area contributed by atoms with Crippen LogP contribution >= 0.6 is 0 Å². The normalized spacial score (nSPS) is 21.7. The second kappa shape index (κ2) is 8.65. The topological polar surface area (TPSA) is 52.1 Å². The molecule has 0 bridgehead atoms. The molecule has 26 heavy (non-hydrogen) atoms. The van der Waals surface area contributed by atoms with Crippen molar-refractivity contribution in [1.29, 1.82) is 0 Å². The summed E-state index contributed by atoms with van der Waals surface area (Å²) in [5, 5.41) is 17.9. The molecule has 1 aromatic carbocycles. The Balaban J connectivity index is 1.66. The molecule has 2 aromatic rings. The van der Waals surface area contributed by atoms with Crippen molar-refractivity contribution in [1.82, 2.24) is 15.1 Å². The average Bonchev–Trinajstić information content (AvgIpc) is 3.18. The molecule has 2 N–H and O–H groups in total. The molecule has 4 heteroatoms. The van der Waals surface area contributed by atoms with Crippen molar-refractivity contribution in [2.24, 2.45) is 11.8 Å². The number of benzene rings is 1. The molecule has 0 radical (unpaired) electrons. The lowest BCUT2D eigenvalue weighted by molar-refractivity contribution is 0.142. The van der Waals surface area contributed by atoms with E-state index in [0.717, 1.165) is 43.9 Å². The zero-order valence-electron chi connectivity index (χ0n) is 16.2. The number of β-amino-alcohol motifs (C(OH)–C–C–N with tert-alkyl or cyclic N) is 1. The number of rotatable bonds is 7. The fraction of sp³-hybridized carbons (Fsp3) is 0.500. The van der Waals surface area contributed by atoms with Crippen LogP contribution in [0.3, 0.4) is 0 Å². The van der Waals surface area contributed by atoms with Crippen LogP contribution in [0.2, 0.25) is 0 Å². The van der Waals surface area contributed by atoms with E-state index in [-0.39, 0.29) is 12.0 Å². The van der Waals surface area contributed by atoms with Gasteiger partial charge in [0.2, 0.25) is 0 Å². The number of aromatic nitrogens is 2. The van der Waals surface area contributed by atoms with E-state index in [4.69, 9.17) is 0 Å². The number of likely N-dealkylation sites (tertiary alicyclic amines) is 1. The first-order chi connectivity index (χ1) is 12.5. The maximum atomic E-state index is 10.5. The van der Waals surface area contributed by atoms with Crippen molar-refractivity contribution >= 4 is 5.57 Å². The van der Waals surface area contributed by atoms with Gasteiger partial charge in [-0.25, -0.2) is 0 Å². The number of aryl methyl sites for hydroxylation is 1. The predicted octanol–water partition coefficient (Wildman–Crippen LogP) is 3.68. The van der Waals surface area contributed by atoms with Gasteiger partial charge in [0.1, 0.15) is 0 Å². The average molecular weight is 354 g/mol. The number of allylic oxidation sites excluding steroid dienone is 1. The summed E-state index contributed by atoms with van der Waals surface area (Å²) in [5.41, 5.74) is 4.77. The van der Waals surface area contributed by atoms with Crippen LogP contribution in [0.5, 0.6) is 0 Å². The largest absolute Gasteiger partial charge is 0.391 e. The highest BCUT2D eigenvalue weighted by atomic mass is 16.3. The predicted molar refractivity (Wildman–Crippen MR) is 107 cm³/mol. The summed E-state index contributed by atoms with van der Waals surface area (Å²) in [7, 11) is 0. The molecule has 0 unspecified atom stereocenters. The van der Waals surface area contributed by atoms with Crippen molar-refractivity contribution in [3.8, 4) is 0 Å². The number of hydrogen-bond acceptors (Lipinski definition) is 3. The first-order valence-electron chi connectivity index (χ1n) is 9.67. The molecule has 0 spiro atoms. The van der Waals surface area contributed by atoms with Crippen LogP contribution in [0.25, 0.3) is 5.57 Å². The summed E-state index contributed by atoms with van der Waals surface area (Å²) < 4.78 is 0. The minimum absolute atomic E-state index is 0.250. The second-order valence-electron chi connectivity index (χ2n) is 7.99. The van der Waals surface area contributed by atoms with Gasteiger partial charge in [0, 0.05) is 31.2 Å². The van der Waals surface area contributed by atoms with Crippen LogP contribution in [0.4, 0.5) is 0 Å². The maximum Gasteiger partial charge on any atom is 0.0711 e. The Morgan fingerprint density at radius 1 is 1.31 bits per heavy atom. The number of nitrogens with zero attached hydrogens (tertiary/aromatic N) is 2. The molecule has 1 aliphatic rings. The van der Waals surface area contributed by atoms with Gasteiger partial charge in [0.15, 0.2) is 0 Å². The van der Waals surface area contributed by atoms with E-state index >= 15 is 0 Å². The zero-order valence-corrected chi connectivity index (χ0v) is 16.2. The van der Waals surface area contributed by atoms with E-state index in [2.05, 4.69) is 71.4 Å². The minimum Gasteiger partial charge on any atom is -0.391 e. The molecule has 1 aliphatic heterocycles. The van der Waals surface area contributed by atoms with Crippen molar-refractivity contribution < 1.29 is 5.11 Å². The quantitative estimate of drug-likeness (QED) is 0.798. The number of hydrogen-bond donors (Lipinski definition) is 2. The van der Waals surface area contributed by atoms with Gasteiger partial charge >= 0.3 is 0 Å². The van der Waals surface area contributed by atoms with Crippen LogP contribution in [-0.4, -0.2) is 45.9 Å². The first kappa shape index (κ1) is 18.9. The molecule has 4 nitrogen and oxygen atoms in total. The van der Waals surface area contributed by atoms with Gasteiger partial charge in [-0.2, -0.15) is 5.10 Å². The van der Waals surface area contributed by atoms with Crippen molar-refractivity contribution in [2.45, 2.75) is 39.7 Å². The van der Waals surface area contributed by atoms with Crippen LogP contribution in [-0.2, 0) is 6.42 Å². The third kappa shape index (κ3) is 5.05. The Kier molecular flexibility index (Phi) is 6.28. The Morgan fingerprint density at radius 2 is 2.08 bits per heavy atom. The molecule has 0 saturated carbocycles. The highest BCUT2D eigenvalue weighted by molar-refractivity contribution is 5.66. The Morgan fingerprint density at radius 3 is 2.73 bits per heavy atom. The summed E-state index contributed by atoms with van der Waals surface area (Å²) in [6.07, 6.45) is 4.00. The molecule has 3 rings (SSSR count). The van der Waals surface area contributed by atoms with E-state index in [0.29, 0.717) is 5.92 Å². The van der Waals surface area contributed by atoms with Crippen molar-refractivity contribution in [3.05, 3.63) is 59.4 Å². The lowest BCUT2D eigenvalue weighted by Gasteiger charge is -2.19. The molecule has 2 heterocycles. The zero-order chi connectivity index (χ0) is 18.5. The number of nitrogens with one attached hydrogen (secondary N) is 1. The lowest BCUT2D eigenvalue weighted by Crippen LogP contribution is -2.24. The number of aromatic amines is 1. The van der Waals surface area contributed by atoms with Crippen LogP contribution in [0.15, 0.2) is 42.5 Å². The van der Waals surface area contributed by atoms with E-state index in [1.807, 2.05) is 6.92 Å². The summed E-state index contributed by atoms with van der Waals surface area (Å²) in [6, 6.07) is 12.7. The standard InChI is InChI=1S/C22H31N3O/c1-16(2)9-10-19(18-7-5-4-6-8-18)13-25-14-20(22(26)15-25)12-21-11-17(3)23-24-21/h4-8,10-11,16,20,22,26H,9,12-15H2,1-3H3,(H,23,24)/t20-,22+/m1/s1. The van der Waals surface area contributed by atoms with E-state index in [1.165, 1.54) is 11.1 Å². The third-order valence-corrected chi connectivity index (χ3v) is 5.09. The number of aliphatic hydroxyl groups excluding tert-OH is 1. The van der Waals surface area contributed by atoms with Gasteiger partial charge in [-0.1, -0.05) is 50.3 Å². The fourth-order valence-electron chi connectivity index (χ4n) is 3.66. The Bertz CT molecular complexity index is 720. The smallest absolute Gasteiger partial charge is 0.0711 e. The summed E-state index contributed by atoms with van der Waals surface area (Å²) in [6.45, 7) is 9.06. The molecule has 140 valence electrons. The van der Waals surface area contributed by atoms with Crippen LogP contribution in [0, 0.1) is 18.8 Å². The van der Waals surface area contributed by atoms with Gasteiger partial charge in [0.25, 0.3) is 0 Å².